The third-order valence-corrected chi connectivity index (χ3v) is 4.34. The normalized spacial score (nSPS) is 27.4. The summed E-state index contributed by atoms with van der Waals surface area (Å²) in [7, 11) is 0. The largest absolute Gasteiger partial charge is 0.378 e. The van der Waals surface area contributed by atoms with Gasteiger partial charge in [0, 0.05) is 19.3 Å². The van der Waals surface area contributed by atoms with Crippen molar-refractivity contribution >= 4 is 0 Å². The number of hydrogen-bond acceptors (Lipinski definition) is 3. The van der Waals surface area contributed by atoms with Gasteiger partial charge >= 0.3 is 0 Å². The molecule has 4 heteroatoms. The molecule has 2 aliphatic rings. The lowest BCUT2D eigenvalue weighted by Crippen LogP contribution is -2.42. The van der Waals surface area contributed by atoms with Crippen molar-refractivity contribution in [2.24, 2.45) is 5.92 Å². The first-order chi connectivity index (χ1) is 8.93. The van der Waals surface area contributed by atoms with Crippen LogP contribution in [0.2, 0.25) is 0 Å². The Morgan fingerprint density at radius 3 is 3.00 bits per heavy atom. The van der Waals surface area contributed by atoms with Crippen molar-refractivity contribution in [2.45, 2.75) is 38.1 Å². The predicted octanol–water partition coefficient (Wildman–Crippen LogP) is 2.36. The third-order valence-electron chi connectivity index (χ3n) is 4.34. The number of ether oxygens (including phenoxy) is 1. The molecule has 0 amide bonds. The summed E-state index contributed by atoms with van der Waals surface area (Å²) in [5.41, 5.74) is 1.20. The van der Waals surface area contributed by atoms with Crippen LogP contribution in [0, 0.1) is 5.92 Å². The van der Waals surface area contributed by atoms with Gasteiger partial charge in [0.2, 0.25) is 0 Å². The van der Waals surface area contributed by atoms with E-state index in [0.717, 1.165) is 25.7 Å². The smallest absolute Gasteiger partial charge is 0.0752 e. The van der Waals surface area contributed by atoms with Gasteiger partial charge in [0.25, 0.3) is 0 Å². The van der Waals surface area contributed by atoms with Gasteiger partial charge in [-0.2, -0.15) is 5.10 Å². The molecular formula is C14H23N3O. The van der Waals surface area contributed by atoms with Crippen molar-refractivity contribution in [3.63, 3.8) is 0 Å². The van der Waals surface area contributed by atoms with Crippen molar-refractivity contribution in [1.82, 2.24) is 15.1 Å². The summed E-state index contributed by atoms with van der Waals surface area (Å²) in [6, 6.07) is 2.45. The Kier molecular flexibility index (Phi) is 3.96. The molecule has 1 aromatic heterocycles. The molecule has 2 fully saturated rings. The average Bonchev–Trinajstić information content (AvgIpc) is 2.94. The van der Waals surface area contributed by atoms with Gasteiger partial charge in [0.1, 0.15) is 0 Å². The van der Waals surface area contributed by atoms with E-state index < -0.39 is 0 Å². The topological polar surface area (TPSA) is 41.1 Å². The number of rotatable bonds is 3. The van der Waals surface area contributed by atoms with E-state index in [4.69, 9.17) is 4.74 Å². The molecule has 18 heavy (non-hydrogen) atoms. The first-order valence-corrected chi connectivity index (χ1v) is 7.24. The van der Waals surface area contributed by atoms with E-state index in [1.807, 2.05) is 6.20 Å². The molecule has 2 heterocycles. The van der Waals surface area contributed by atoms with Crippen LogP contribution in [0.4, 0.5) is 0 Å². The van der Waals surface area contributed by atoms with E-state index in [9.17, 15) is 0 Å². The Labute approximate surface area is 109 Å². The molecule has 1 N–H and O–H groups in total. The van der Waals surface area contributed by atoms with Crippen LogP contribution in [0.5, 0.6) is 0 Å². The number of hydrogen-bond donors (Lipinski definition) is 1. The minimum atomic E-state index is 0.378. The van der Waals surface area contributed by atoms with Crippen molar-refractivity contribution < 1.29 is 4.74 Å². The fourth-order valence-electron chi connectivity index (χ4n) is 3.30. The lowest BCUT2D eigenvalue weighted by Gasteiger charge is -2.38. The molecule has 4 nitrogen and oxygen atoms in total. The highest BCUT2D eigenvalue weighted by atomic mass is 16.5. The Balaban J connectivity index is 1.64. The maximum absolute atomic E-state index is 5.64. The standard InChI is InChI=1S/C14H23N3O/c1-2-4-12(5-3-1)10-17-8-9-18-11-14(17)13-6-7-15-16-13/h6-7,12,14H,1-5,8-11H2,(H,15,16)/t14-/m0/s1. The van der Waals surface area contributed by atoms with Gasteiger partial charge in [-0.1, -0.05) is 19.3 Å². The Morgan fingerprint density at radius 1 is 1.33 bits per heavy atom. The van der Waals surface area contributed by atoms with Crippen LogP contribution < -0.4 is 0 Å². The molecule has 0 bridgehead atoms. The van der Waals surface area contributed by atoms with Gasteiger partial charge < -0.3 is 4.74 Å². The summed E-state index contributed by atoms with van der Waals surface area (Å²) < 4.78 is 5.64. The summed E-state index contributed by atoms with van der Waals surface area (Å²) >= 11 is 0. The first-order valence-electron chi connectivity index (χ1n) is 7.24. The monoisotopic (exact) mass is 249 g/mol. The lowest BCUT2D eigenvalue weighted by atomic mass is 9.88. The summed E-state index contributed by atoms with van der Waals surface area (Å²) in [4.78, 5) is 2.59. The van der Waals surface area contributed by atoms with Crippen molar-refractivity contribution in [1.29, 1.82) is 0 Å². The summed E-state index contributed by atoms with van der Waals surface area (Å²) in [5, 5.41) is 7.17. The highest BCUT2D eigenvalue weighted by Crippen LogP contribution is 2.29. The van der Waals surface area contributed by atoms with E-state index in [-0.39, 0.29) is 0 Å². The molecule has 1 atom stereocenters. The second-order valence-corrected chi connectivity index (χ2v) is 5.60. The Bertz CT molecular complexity index is 346. The van der Waals surface area contributed by atoms with E-state index >= 15 is 0 Å². The first kappa shape index (κ1) is 12.2. The molecule has 1 saturated heterocycles. The summed E-state index contributed by atoms with van der Waals surface area (Å²) in [6.07, 6.45) is 8.93. The van der Waals surface area contributed by atoms with Gasteiger partial charge in [0.05, 0.1) is 24.9 Å². The van der Waals surface area contributed by atoms with Crippen LogP contribution in [0.3, 0.4) is 0 Å². The highest BCUT2D eigenvalue weighted by molar-refractivity contribution is 5.06. The zero-order chi connectivity index (χ0) is 12.2. The van der Waals surface area contributed by atoms with Crippen molar-refractivity contribution in [3.8, 4) is 0 Å². The van der Waals surface area contributed by atoms with E-state index in [2.05, 4.69) is 21.2 Å². The molecule has 3 rings (SSSR count). The van der Waals surface area contributed by atoms with Crippen LogP contribution in [0.1, 0.15) is 43.8 Å². The van der Waals surface area contributed by atoms with Crippen LogP contribution in [-0.4, -0.2) is 41.4 Å². The fraction of sp³-hybridized carbons (Fsp3) is 0.786. The number of nitrogens with zero attached hydrogens (tertiary/aromatic N) is 2. The molecule has 1 aromatic rings. The average molecular weight is 249 g/mol. The van der Waals surface area contributed by atoms with Gasteiger partial charge in [0.15, 0.2) is 0 Å². The van der Waals surface area contributed by atoms with Gasteiger partial charge in [-0.15, -0.1) is 0 Å². The SMILES string of the molecule is c1cc([C@@H]2COCCN2CC2CCCCC2)[nH]n1. The molecule has 0 aromatic carbocycles. The van der Waals surface area contributed by atoms with Crippen LogP contribution >= 0.6 is 0 Å². The maximum Gasteiger partial charge on any atom is 0.0752 e. The zero-order valence-corrected chi connectivity index (χ0v) is 11.0. The Morgan fingerprint density at radius 2 is 2.22 bits per heavy atom. The predicted molar refractivity (Wildman–Crippen MR) is 70.3 cm³/mol. The summed E-state index contributed by atoms with van der Waals surface area (Å²) in [6.45, 7) is 3.96. The molecule has 1 saturated carbocycles. The number of aromatic nitrogens is 2. The Hall–Kier alpha value is -0.870. The van der Waals surface area contributed by atoms with Gasteiger partial charge in [-0.05, 0) is 24.8 Å². The lowest BCUT2D eigenvalue weighted by molar-refractivity contribution is -0.0192. The van der Waals surface area contributed by atoms with Crippen LogP contribution in [0.25, 0.3) is 0 Å². The number of H-pyrrole nitrogens is 1. The third kappa shape index (κ3) is 2.75. The molecule has 1 aliphatic heterocycles. The molecular weight excluding hydrogens is 226 g/mol. The van der Waals surface area contributed by atoms with Gasteiger partial charge in [-0.25, -0.2) is 0 Å². The second kappa shape index (κ2) is 5.85. The second-order valence-electron chi connectivity index (χ2n) is 5.60. The van der Waals surface area contributed by atoms with Crippen molar-refractivity contribution in [3.05, 3.63) is 18.0 Å². The van der Waals surface area contributed by atoms with E-state index in [1.54, 1.807) is 0 Å². The molecule has 100 valence electrons. The quantitative estimate of drug-likeness (QED) is 0.894. The van der Waals surface area contributed by atoms with Crippen molar-refractivity contribution in [2.75, 3.05) is 26.3 Å². The minimum absolute atomic E-state index is 0.378. The van der Waals surface area contributed by atoms with E-state index in [0.29, 0.717) is 6.04 Å². The number of nitrogens with one attached hydrogen (secondary N) is 1. The number of morpholine rings is 1. The number of aromatic amines is 1. The van der Waals surface area contributed by atoms with E-state index in [1.165, 1.54) is 44.3 Å². The van der Waals surface area contributed by atoms with Gasteiger partial charge in [-0.3, -0.25) is 10.00 Å². The minimum Gasteiger partial charge on any atom is -0.378 e. The summed E-state index contributed by atoms with van der Waals surface area (Å²) in [5.74, 6) is 0.891. The molecule has 1 aliphatic carbocycles. The molecule has 0 unspecified atom stereocenters. The zero-order valence-electron chi connectivity index (χ0n) is 11.0. The maximum atomic E-state index is 5.64. The van der Waals surface area contributed by atoms with Crippen LogP contribution in [-0.2, 0) is 4.74 Å². The molecule has 0 spiro atoms. The van der Waals surface area contributed by atoms with Crippen LogP contribution in [0.15, 0.2) is 12.3 Å². The fourth-order valence-corrected chi connectivity index (χ4v) is 3.30. The highest BCUT2D eigenvalue weighted by Gasteiger charge is 2.28. The molecule has 0 radical (unpaired) electrons.